The van der Waals surface area contributed by atoms with E-state index in [2.05, 4.69) is 26.0 Å². The number of methoxy groups -OCH3 is 1. The smallest absolute Gasteiger partial charge is 0.261 e. The lowest BCUT2D eigenvalue weighted by Gasteiger charge is -2.10. The van der Waals surface area contributed by atoms with Gasteiger partial charge in [0.1, 0.15) is 5.75 Å². The van der Waals surface area contributed by atoms with E-state index in [4.69, 9.17) is 4.74 Å². The summed E-state index contributed by atoms with van der Waals surface area (Å²) >= 11 is 4.90. The Morgan fingerprint density at radius 3 is 2.16 bits per heavy atom. The van der Waals surface area contributed by atoms with Crippen LogP contribution in [0.4, 0.5) is 11.4 Å². The maximum atomic E-state index is 12.6. The number of halogens is 1. The number of amides is 1. The molecule has 0 unspecified atom stereocenters. The van der Waals surface area contributed by atoms with Crippen molar-refractivity contribution in [1.29, 1.82) is 0 Å². The number of thioether (sulfide) groups is 1. The predicted molar refractivity (Wildman–Crippen MR) is 129 cm³/mol. The molecule has 3 rings (SSSR count). The minimum absolute atomic E-state index is 0.103. The van der Waals surface area contributed by atoms with Crippen LogP contribution in [0.2, 0.25) is 0 Å². The van der Waals surface area contributed by atoms with Crippen LogP contribution in [0, 0.1) is 0 Å². The molecule has 3 aromatic rings. The standard InChI is InChI=1S/C22H21BrN2O4S2/c1-29-20-10-6-19(7-11-20)25-31(27,28)21-12-8-18(9-13-21)24-22(26)15-30-14-16-2-4-17(23)5-3-16/h2-13,25H,14-15H2,1H3,(H,24,26). The van der Waals surface area contributed by atoms with Crippen LogP contribution in [0.5, 0.6) is 5.75 Å². The van der Waals surface area contributed by atoms with Gasteiger partial charge in [-0.3, -0.25) is 9.52 Å². The average Bonchev–Trinajstić information content (AvgIpc) is 2.76. The minimum Gasteiger partial charge on any atom is -0.497 e. The van der Waals surface area contributed by atoms with Gasteiger partial charge >= 0.3 is 0 Å². The Labute approximate surface area is 194 Å². The average molecular weight is 521 g/mol. The highest BCUT2D eigenvalue weighted by Gasteiger charge is 2.14. The Kier molecular flexibility index (Phi) is 8.00. The number of carbonyl (C=O) groups excluding carboxylic acids is 1. The molecule has 0 spiro atoms. The molecule has 0 aromatic heterocycles. The quantitative estimate of drug-likeness (QED) is 0.408. The fraction of sp³-hybridized carbons (Fsp3) is 0.136. The summed E-state index contributed by atoms with van der Waals surface area (Å²) in [5, 5.41) is 2.78. The molecule has 0 aliphatic carbocycles. The Balaban J connectivity index is 1.52. The number of sulfonamides is 1. The SMILES string of the molecule is COc1ccc(NS(=O)(=O)c2ccc(NC(=O)CSCc3ccc(Br)cc3)cc2)cc1. The van der Waals surface area contributed by atoms with Gasteiger partial charge < -0.3 is 10.1 Å². The molecule has 6 nitrogen and oxygen atoms in total. The lowest BCUT2D eigenvalue weighted by Crippen LogP contribution is -2.15. The van der Waals surface area contributed by atoms with Crippen molar-refractivity contribution in [2.75, 3.05) is 22.9 Å². The number of ether oxygens (including phenoxy) is 1. The molecule has 0 radical (unpaired) electrons. The van der Waals surface area contributed by atoms with E-state index in [1.807, 2.05) is 24.3 Å². The number of hydrogen-bond donors (Lipinski definition) is 2. The van der Waals surface area contributed by atoms with Gasteiger partial charge in [-0.1, -0.05) is 28.1 Å². The highest BCUT2D eigenvalue weighted by molar-refractivity contribution is 9.10. The summed E-state index contributed by atoms with van der Waals surface area (Å²) in [6.45, 7) is 0. The van der Waals surface area contributed by atoms with Crippen LogP contribution >= 0.6 is 27.7 Å². The van der Waals surface area contributed by atoms with Gasteiger partial charge in [-0.05, 0) is 66.2 Å². The maximum Gasteiger partial charge on any atom is 0.261 e. The third kappa shape index (κ3) is 7.02. The molecule has 0 heterocycles. The minimum atomic E-state index is -3.74. The van der Waals surface area contributed by atoms with Gasteiger partial charge in [0, 0.05) is 21.6 Å². The fourth-order valence-electron chi connectivity index (χ4n) is 2.63. The van der Waals surface area contributed by atoms with E-state index >= 15 is 0 Å². The molecular formula is C22H21BrN2O4S2. The molecular weight excluding hydrogens is 500 g/mol. The van der Waals surface area contributed by atoms with Gasteiger partial charge in [-0.25, -0.2) is 8.42 Å². The highest BCUT2D eigenvalue weighted by atomic mass is 79.9. The van der Waals surface area contributed by atoms with Crippen molar-refractivity contribution in [2.24, 2.45) is 0 Å². The zero-order chi connectivity index (χ0) is 22.3. The van der Waals surface area contributed by atoms with Crippen LogP contribution in [-0.2, 0) is 20.6 Å². The molecule has 0 saturated carbocycles. The Bertz CT molecular complexity index is 1120. The number of anilines is 2. The van der Waals surface area contributed by atoms with Gasteiger partial charge in [0.25, 0.3) is 10.0 Å². The van der Waals surface area contributed by atoms with Crippen LogP contribution < -0.4 is 14.8 Å². The summed E-state index contributed by atoms with van der Waals surface area (Å²) in [5.41, 5.74) is 2.11. The second-order valence-electron chi connectivity index (χ2n) is 6.53. The Hall–Kier alpha value is -2.49. The first kappa shape index (κ1) is 23.2. The predicted octanol–water partition coefficient (Wildman–Crippen LogP) is 5.13. The highest BCUT2D eigenvalue weighted by Crippen LogP contribution is 2.21. The van der Waals surface area contributed by atoms with E-state index < -0.39 is 10.0 Å². The molecule has 0 fully saturated rings. The lowest BCUT2D eigenvalue weighted by atomic mass is 10.2. The molecule has 0 saturated heterocycles. The molecule has 0 atom stereocenters. The summed E-state index contributed by atoms with van der Waals surface area (Å²) < 4.78 is 33.7. The summed E-state index contributed by atoms with van der Waals surface area (Å²) in [4.78, 5) is 12.3. The van der Waals surface area contributed by atoms with Gasteiger partial charge in [0.15, 0.2) is 0 Å². The van der Waals surface area contributed by atoms with Crippen molar-refractivity contribution >= 4 is 55.0 Å². The van der Waals surface area contributed by atoms with E-state index in [1.54, 1.807) is 43.5 Å². The molecule has 31 heavy (non-hydrogen) atoms. The van der Waals surface area contributed by atoms with E-state index in [9.17, 15) is 13.2 Å². The monoisotopic (exact) mass is 520 g/mol. The Morgan fingerprint density at radius 2 is 1.55 bits per heavy atom. The number of hydrogen-bond acceptors (Lipinski definition) is 5. The summed E-state index contributed by atoms with van der Waals surface area (Å²) in [6, 6.07) is 20.6. The Morgan fingerprint density at radius 1 is 0.935 bits per heavy atom. The topological polar surface area (TPSA) is 84.5 Å². The summed E-state index contributed by atoms with van der Waals surface area (Å²) in [6.07, 6.45) is 0. The van der Waals surface area contributed by atoms with Crippen LogP contribution in [0.3, 0.4) is 0 Å². The first-order valence-electron chi connectivity index (χ1n) is 9.25. The summed E-state index contributed by atoms with van der Waals surface area (Å²) in [5.74, 6) is 1.52. The van der Waals surface area contributed by atoms with Crippen molar-refractivity contribution in [3.8, 4) is 5.75 Å². The summed E-state index contributed by atoms with van der Waals surface area (Å²) in [7, 11) is -2.19. The lowest BCUT2D eigenvalue weighted by molar-refractivity contribution is -0.113. The van der Waals surface area contributed by atoms with Crippen molar-refractivity contribution < 1.29 is 17.9 Å². The zero-order valence-electron chi connectivity index (χ0n) is 16.7. The maximum absolute atomic E-state index is 12.6. The number of nitrogens with one attached hydrogen (secondary N) is 2. The number of rotatable bonds is 9. The van der Waals surface area contributed by atoms with Gasteiger partial charge in [0.2, 0.25) is 5.91 Å². The molecule has 1 amide bonds. The van der Waals surface area contributed by atoms with Crippen molar-refractivity contribution in [1.82, 2.24) is 0 Å². The molecule has 3 aromatic carbocycles. The van der Waals surface area contributed by atoms with E-state index in [0.717, 1.165) is 15.8 Å². The first-order valence-corrected chi connectivity index (χ1v) is 12.7. The third-order valence-corrected chi connectivity index (χ3v) is 7.14. The van der Waals surface area contributed by atoms with E-state index in [0.29, 0.717) is 22.9 Å². The van der Waals surface area contributed by atoms with Crippen LogP contribution in [-0.4, -0.2) is 27.2 Å². The molecule has 0 aliphatic rings. The largest absolute Gasteiger partial charge is 0.497 e. The normalized spacial score (nSPS) is 11.0. The van der Waals surface area contributed by atoms with Crippen molar-refractivity contribution in [2.45, 2.75) is 10.6 Å². The molecule has 9 heteroatoms. The van der Waals surface area contributed by atoms with Gasteiger partial charge in [-0.2, -0.15) is 0 Å². The second kappa shape index (κ2) is 10.7. The van der Waals surface area contributed by atoms with Gasteiger partial charge in [-0.15, -0.1) is 11.8 Å². The van der Waals surface area contributed by atoms with E-state index in [-0.39, 0.29) is 10.8 Å². The molecule has 2 N–H and O–H groups in total. The van der Waals surface area contributed by atoms with Gasteiger partial charge in [0.05, 0.1) is 17.8 Å². The fourth-order valence-corrected chi connectivity index (χ4v) is 4.74. The first-order chi connectivity index (χ1) is 14.9. The van der Waals surface area contributed by atoms with Crippen LogP contribution in [0.15, 0.2) is 82.2 Å². The molecule has 0 aliphatic heterocycles. The zero-order valence-corrected chi connectivity index (χ0v) is 19.9. The molecule has 0 bridgehead atoms. The van der Waals surface area contributed by atoms with Crippen molar-refractivity contribution in [3.63, 3.8) is 0 Å². The number of benzene rings is 3. The molecule has 162 valence electrons. The number of carbonyl (C=O) groups is 1. The van der Waals surface area contributed by atoms with Crippen LogP contribution in [0.1, 0.15) is 5.56 Å². The second-order valence-corrected chi connectivity index (χ2v) is 10.1. The third-order valence-electron chi connectivity index (χ3n) is 4.21. The van der Waals surface area contributed by atoms with Crippen LogP contribution in [0.25, 0.3) is 0 Å². The van der Waals surface area contributed by atoms with Crippen molar-refractivity contribution in [3.05, 3.63) is 82.8 Å². The van der Waals surface area contributed by atoms with E-state index in [1.165, 1.54) is 23.9 Å².